The first kappa shape index (κ1) is 9.75. The van der Waals surface area contributed by atoms with Gasteiger partial charge in [-0.05, 0) is 0 Å². The van der Waals surface area contributed by atoms with E-state index in [1.54, 1.807) is 5.43 Å². The number of carbonyl (C=O) groups is 2. The van der Waals surface area contributed by atoms with E-state index in [2.05, 4.69) is 10.1 Å². The van der Waals surface area contributed by atoms with Crippen LogP contribution in [0.4, 0.5) is 9.59 Å². The number of nitrogens with zero attached hydrogens (tertiary/aromatic N) is 1. The predicted molar refractivity (Wildman–Crippen MR) is 43.6 cm³/mol. The monoisotopic (exact) mass is 188 g/mol. The number of rotatable bonds is 0. The number of piperazine rings is 1. The van der Waals surface area contributed by atoms with Gasteiger partial charge in [0.1, 0.15) is 0 Å². The third-order valence-electron chi connectivity index (χ3n) is 1.67. The molecule has 0 atom stereocenters. The number of amides is 2. The SMILES string of the molecule is NNC(=O)OC(=O)N1CCNCC1. The number of carbonyl (C=O) groups excluding carboxylic acids is 2. The summed E-state index contributed by atoms with van der Waals surface area (Å²) in [4.78, 5) is 23.1. The molecule has 1 fully saturated rings. The highest BCUT2D eigenvalue weighted by Gasteiger charge is 2.19. The molecule has 0 aliphatic carbocycles. The van der Waals surface area contributed by atoms with Crippen LogP contribution in [0.3, 0.4) is 0 Å². The lowest BCUT2D eigenvalue weighted by Crippen LogP contribution is -2.48. The summed E-state index contributed by atoms with van der Waals surface area (Å²) in [6.07, 6.45) is -1.60. The van der Waals surface area contributed by atoms with Crippen molar-refractivity contribution < 1.29 is 14.3 Å². The Hall–Kier alpha value is -1.34. The van der Waals surface area contributed by atoms with Crippen LogP contribution in [0.1, 0.15) is 0 Å². The summed E-state index contributed by atoms with van der Waals surface area (Å²) in [7, 11) is 0. The van der Waals surface area contributed by atoms with Crippen molar-refractivity contribution in [1.82, 2.24) is 15.6 Å². The maximum atomic E-state index is 11.1. The molecule has 0 aromatic heterocycles. The van der Waals surface area contributed by atoms with Crippen molar-refractivity contribution in [3.05, 3.63) is 0 Å². The van der Waals surface area contributed by atoms with E-state index in [4.69, 9.17) is 5.84 Å². The zero-order chi connectivity index (χ0) is 9.68. The minimum atomic E-state index is -0.941. The molecule has 0 radical (unpaired) electrons. The van der Waals surface area contributed by atoms with Crippen LogP contribution < -0.4 is 16.6 Å². The van der Waals surface area contributed by atoms with E-state index in [1.165, 1.54) is 4.90 Å². The van der Waals surface area contributed by atoms with Gasteiger partial charge in [-0.2, -0.15) is 0 Å². The Bertz CT molecular complexity index is 202. The van der Waals surface area contributed by atoms with Crippen molar-refractivity contribution in [2.45, 2.75) is 0 Å². The number of nitrogens with two attached hydrogens (primary N) is 1. The molecule has 0 bridgehead atoms. The van der Waals surface area contributed by atoms with Crippen molar-refractivity contribution in [2.24, 2.45) is 5.84 Å². The van der Waals surface area contributed by atoms with E-state index in [-0.39, 0.29) is 0 Å². The van der Waals surface area contributed by atoms with Crippen molar-refractivity contribution in [3.8, 4) is 0 Å². The average Bonchev–Trinajstić information content (AvgIpc) is 2.19. The van der Waals surface area contributed by atoms with E-state index in [9.17, 15) is 9.59 Å². The van der Waals surface area contributed by atoms with Crippen LogP contribution in [0.15, 0.2) is 0 Å². The Labute approximate surface area is 75.2 Å². The van der Waals surface area contributed by atoms with Gasteiger partial charge in [0.25, 0.3) is 0 Å². The molecular formula is C6H12N4O3. The molecule has 7 nitrogen and oxygen atoms in total. The summed E-state index contributed by atoms with van der Waals surface area (Å²) >= 11 is 0. The standard InChI is InChI=1S/C6H12N4O3/c7-9-5(11)13-6(12)10-3-1-8-2-4-10/h8H,1-4,7H2,(H,9,11). The van der Waals surface area contributed by atoms with E-state index in [0.717, 1.165) is 0 Å². The molecule has 0 aromatic rings. The maximum Gasteiger partial charge on any atom is 0.430 e. The molecular weight excluding hydrogens is 176 g/mol. The second-order valence-electron chi connectivity index (χ2n) is 2.54. The lowest BCUT2D eigenvalue weighted by molar-refractivity contribution is 0.113. The molecule has 0 aromatic carbocycles. The van der Waals surface area contributed by atoms with Gasteiger partial charge >= 0.3 is 12.2 Å². The summed E-state index contributed by atoms with van der Waals surface area (Å²) in [5.74, 6) is 4.74. The second kappa shape index (κ2) is 4.63. The van der Waals surface area contributed by atoms with E-state index < -0.39 is 12.2 Å². The zero-order valence-electron chi connectivity index (χ0n) is 7.08. The second-order valence-corrected chi connectivity index (χ2v) is 2.54. The number of ether oxygens (including phenoxy) is 1. The molecule has 0 unspecified atom stereocenters. The minimum absolute atomic E-state index is 0.538. The lowest BCUT2D eigenvalue weighted by Gasteiger charge is -2.25. The number of nitrogens with one attached hydrogen (secondary N) is 2. The fourth-order valence-electron chi connectivity index (χ4n) is 1.02. The van der Waals surface area contributed by atoms with Gasteiger partial charge in [-0.1, -0.05) is 0 Å². The molecule has 1 saturated heterocycles. The van der Waals surface area contributed by atoms with Gasteiger partial charge in [0.15, 0.2) is 0 Å². The summed E-state index contributed by atoms with van der Waals surface area (Å²) in [6.45, 7) is 2.49. The van der Waals surface area contributed by atoms with Crippen LogP contribution in [0.25, 0.3) is 0 Å². The Balaban J connectivity index is 2.33. The first-order chi connectivity index (χ1) is 6.24. The molecule has 1 aliphatic heterocycles. The average molecular weight is 188 g/mol. The number of hydrazine groups is 1. The largest absolute Gasteiger partial charge is 0.430 e. The maximum absolute atomic E-state index is 11.1. The third kappa shape index (κ3) is 2.88. The smallest absolute Gasteiger partial charge is 0.358 e. The van der Waals surface area contributed by atoms with E-state index in [0.29, 0.717) is 26.2 Å². The molecule has 0 spiro atoms. The fraction of sp³-hybridized carbons (Fsp3) is 0.667. The van der Waals surface area contributed by atoms with Crippen molar-refractivity contribution in [3.63, 3.8) is 0 Å². The highest BCUT2D eigenvalue weighted by atomic mass is 16.6. The molecule has 4 N–H and O–H groups in total. The highest BCUT2D eigenvalue weighted by Crippen LogP contribution is 1.96. The molecule has 0 saturated carbocycles. The van der Waals surface area contributed by atoms with E-state index >= 15 is 0 Å². The summed E-state index contributed by atoms with van der Waals surface area (Å²) in [5, 5.41) is 3.06. The van der Waals surface area contributed by atoms with Gasteiger partial charge < -0.3 is 15.0 Å². The van der Waals surface area contributed by atoms with Gasteiger partial charge in [-0.3, -0.25) is 5.43 Å². The van der Waals surface area contributed by atoms with Crippen molar-refractivity contribution in [1.29, 1.82) is 0 Å². The molecule has 7 heteroatoms. The quantitative estimate of drug-likeness (QED) is 0.188. The Morgan fingerprint density at radius 1 is 1.38 bits per heavy atom. The van der Waals surface area contributed by atoms with Crippen LogP contribution in [0.5, 0.6) is 0 Å². The third-order valence-corrected chi connectivity index (χ3v) is 1.67. The topological polar surface area (TPSA) is 96.7 Å². The van der Waals surface area contributed by atoms with Crippen LogP contribution in [0.2, 0.25) is 0 Å². The van der Waals surface area contributed by atoms with Gasteiger partial charge in [0.2, 0.25) is 0 Å². The lowest BCUT2D eigenvalue weighted by atomic mass is 10.4. The molecule has 1 aliphatic rings. The molecule has 74 valence electrons. The number of hydrogen-bond donors (Lipinski definition) is 3. The first-order valence-electron chi connectivity index (χ1n) is 3.92. The van der Waals surface area contributed by atoms with Gasteiger partial charge in [0, 0.05) is 26.2 Å². The molecule has 1 heterocycles. The molecule has 13 heavy (non-hydrogen) atoms. The number of hydrogen-bond acceptors (Lipinski definition) is 5. The zero-order valence-corrected chi connectivity index (χ0v) is 7.08. The van der Waals surface area contributed by atoms with Gasteiger partial charge in [-0.25, -0.2) is 15.4 Å². The predicted octanol–water partition coefficient (Wildman–Crippen LogP) is -1.39. The van der Waals surface area contributed by atoms with Crippen molar-refractivity contribution in [2.75, 3.05) is 26.2 Å². The fourth-order valence-corrected chi connectivity index (χ4v) is 1.02. The highest BCUT2D eigenvalue weighted by molar-refractivity contribution is 5.83. The van der Waals surface area contributed by atoms with Crippen molar-refractivity contribution >= 4 is 12.2 Å². The van der Waals surface area contributed by atoms with Crippen LogP contribution in [-0.2, 0) is 4.74 Å². The summed E-state index contributed by atoms with van der Waals surface area (Å²) in [6, 6.07) is 0. The minimum Gasteiger partial charge on any atom is -0.358 e. The molecule has 2 amide bonds. The van der Waals surface area contributed by atoms with E-state index in [1.807, 2.05) is 0 Å². The Morgan fingerprint density at radius 2 is 2.00 bits per heavy atom. The van der Waals surface area contributed by atoms with Crippen LogP contribution in [-0.4, -0.2) is 43.3 Å². The first-order valence-corrected chi connectivity index (χ1v) is 3.92. The summed E-state index contributed by atoms with van der Waals surface area (Å²) < 4.78 is 4.32. The normalized spacial score (nSPS) is 16.5. The summed E-state index contributed by atoms with van der Waals surface area (Å²) in [5.41, 5.74) is 1.71. The van der Waals surface area contributed by atoms with Gasteiger partial charge in [-0.15, -0.1) is 0 Å². The van der Waals surface area contributed by atoms with Crippen LogP contribution in [0, 0.1) is 0 Å². The van der Waals surface area contributed by atoms with Gasteiger partial charge in [0.05, 0.1) is 0 Å². The molecule has 1 rings (SSSR count). The van der Waals surface area contributed by atoms with Crippen LogP contribution >= 0.6 is 0 Å². The Kier molecular flexibility index (Phi) is 3.47. The Morgan fingerprint density at radius 3 is 2.54 bits per heavy atom.